The first-order valence-electron chi connectivity index (χ1n) is 13.1. The molecule has 3 amide bonds. The van der Waals surface area contributed by atoms with Crippen LogP contribution >= 0.6 is 11.6 Å². The molecule has 2 aromatic carbocycles. The fourth-order valence-electron chi connectivity index (χ4n) is 4.25. The van der Waals surface area contributed by atoms with Gasteiger partial charge < -0.3 is 25.4 Å². The van der Waals surface area contributed by atoms with E-state index in [4.69, 9.17) is 16.3 Å². The molecule has 0 aromatic heterocycles. The number of alkyl carbamates (subject to hydrolysis) is 1. The third kappa shape index (κ3) is 9.17. The Kier molecular flexibility index (Phi) is 10.4. The number of nitrogens with one attached hydrogen (secondary N) is 2. The van der Waals surface area contributed by atoms with Crippen LogP contribution in [0.3, 0.4) is 0 Å². The van der Waals surface area contributed by atoms with Gasteiger partial charge >= 0.3 is 6.09 Å². The van der Waals surface area contributed by atoms with Crippen LogP contribution < -0.4 is 10.6 Å². The second-order valence-electron chi connectivity index (χ2n) is 12.1. The van der Waals surface area contributed by atoms with Crippen LogP contribution in [0, 0.1) is 12.8 Å². The van der Waals surface area contributed by atoms with Crippen molar-refractivity contribution in [3.05, 3.63) is 58.6 Å². The molecule has 0 aliphatic heterocycles. The summed E-state index contributed by atoms with van der Waals surface area (Å²) >= 11 is 6.40. The van der Waals surface area contributed by atoms with Gasteiger partial charge in [0.2, 0.25) is 5.91 Å². The predicted molar refractivity (Wildman–Crippen MR) is 155 cm³/mol. The Morgan fingerprint density at radius 1 is 1.03 bits per heavy atom. The summed E-state index contributed by atoms with van der Waals surface area (Å²) in [6, 6.07) is 9.38. The van der Waals surface area contributed by atoms with E-state index < -0.39 is 41.1 Å². The number of aromatic hydroxyl groups is 1. The van der Waals surface area contributed by atoms with Crippen molar-refractivity contribution in [1.82, 2.24) is 10.2 Å². The number of rotatable bonds is 8. The molecule has 2 atom stereocenters. The summed E-state index contributed by atoms with van der Waals surface area (Å²) in [4.78, 5) is 42.5. The van der Waals surface area contributed by atoms with Gasteiger partial charge in [-0.2, -0.15) is 0 Å². The van der Waals surface area contributed by atoms with E-state index in [1.54, 1.807) is 45.0 Å². The first-order valence-corrected chi connectivity index (χ1v) is 13.5. The molecule has 0 aliphatic rings. The van der Waals surface area contributed by atoms with E-state index in [1.165, 1.54) is 17.0 Å². The molecular weight excluding hydrogens is 518 g/mol. The van der Waals surface area contributed by atoms with E-state index in [1.807, 2.05) is 47.6 Å². The average molecular weight is 560 g/mol. The molecule has 2 rings (SSSR count). The van der Waals surface area contributed by atoms with Gasteiger partial charge in [0.05, 0.1) is 10.7 Å². The van der Waals surface area contributed by atoms with Gasteiger partial charge in [0.1, 0.15) is 23.4 Å². The molecule has 9 heteroatoms. The molecule has 214 valence electrons. The van der Waals surface area contributed by atoms with Gasteiger partial charge in [-0.05, 0) is 90.1 Å². The minimum atomic E-state index is -1.16. The van der Waals surface area contributed by atoms with Crippen molar-refractivity contribution in [3.8, 4) is 5.75 Å². The van der Waals surface area contributed by atoms with Gasteiger partial charge in [-0.3, -0.25) is 9.59 Å². The molecule has 0 heterocycles. The fourth-order valence-corrected chi connectivity index (χ4v) is 4.52. The van der Waals surface area contributed by atoms with Crippen LogP contribution in [0.4, 0.5) is 10.5 Å². The van der Waals surface area contributed by atoms with Crippen LogP contribution in [-0.4, -0.2) is 45.1 Å². The first-order chi connectivity index (χ1) is 17.9. The number of ether oxygens (including phenoxy) is 1. The molecule has 3 N–H and O–H groups in total. The zero-order valence-corrected chi connectivity index (χ0v) is 25.1. The van der Waals surface area contributed by atoms with Gasteiger partial charge in [-0.1, -0.05) is 49.7 Å². The van der Waals surface area contributed by atoms with Gasteiger partial charge in [0.25, 0.3) is 5.91 Å². The Bertz CT molecular complexity index is 1160. The van der Waals surface area contributed by atoms with Crippen LogP contribution in [0.25, 0.3) is 0 Å². The highest BCUT2D eigenvalue weighted by molar-refractivity contribution is 6.34. The van der Waals surface area contributed by atoms with Crippen LogP contribution in [0.2, 0.25) is 5.02 Å². The molecule has 0 saturated carbocycles. The summed E-state index contributed by atoms with van der Waals surface area (Å²) in [7, 11) is 0. The molecular formula is C30H42ClN3O5. The largest absolute Gasteiger partial charge is 0.508 e. The minimum absolute atomic E-state index is 0.0499. The predicted octanol–water partition coefficient (Wildman–Crippen LogP) is 6.60. The number of hydrogen-bond donors (Lipinski definition) is 3. The van der Waals surface area contributed by atoms with Gasteiger partial charge in [-0.15, -0.1) is 0 Å². The third-order valence-corrected chi connectivity index (χ3v) is 6.13. The summed E-state index contributed by atoms with van der Waals surface area (Å²) in [6.07, 6.45) is -0.400. The summed E-state index contributed by atoms with van der Waals surface area (Å²) in [5.41, 5.74) is -0.0354. The Balaban J connectivity index is 2.63. The molecule has 0 aliphatic carbocycles. The highest BCUT2D eigenvalue weighted by Gasteiger charge is 2.42. The van der Waals surface area contributed by atoms with Crippen molar-refractivity contribution in [1.29, 1.82) is 0 Å². The highest BCUT2D eigenvalue weighted by atomic mass is 35.5. The average Bonchev–Trinajstić information content (AvgIpc) is 2.76. The van der Waals surface area contributed by atoms with Crippen molar-refractivity contribution < 1.29 is 24.2 Å². The van der Waals surface area contributed by atoms with E-state index in [9.17, 15) is 19.5 Å². The number of benzene rings is 2. The lowest BCUT2D eigenvalue weighted by Crippen LogP contribution is -2.58. The maximum atomic E-state index is 14.3. The molecule has 8 nitrogen and oxygen atoms in total. The van der Waals surface area contributed by atoms with Crippen LogP contribution in [0.5, 0.6) is 5.75 Å². The van der Waals surface area contributed by atoms with Gasteiger partial charge in [-0.25, -0.2) is 4.79 Å². The van der Waals surface area contributed by atoms with E-state index >= 15 is 0 Å². The zero-order valence-electron chi connectivity index (χ0n) is 24.4. The van der Waals surface area contributed by atoms with Gasteiger partial charge in [0, 0.05) is 5.54 Å². The van der Waals surface area contributed by atoms with Crippen molar-refractivity contribution in [3.63, 3.8) is 0 Å². The normalized spacial score (nSPS) is 13.4. The smallest absolute Gasteiger partial charge is 0.408 e. The number of carbonyl (C=O) groups excluding carboxylic acids is 3. The molecule has 2 unspecified atom stereocenters. The number of nitrogens with zero attached hydrogens (tertiary/aromatic N) is 1. The highest BCUT2D eigenvalue weighted by Crippen LogP contribution is 2.34. The molecule has 0 radical (unpaired) electrons. The van der Waals surface area contributed by atoms with Crippen molar-refractivity contribution >= 4 is 35.2 Å². The molecule has 2 aromatic rings. The SMILES string of the molecule is Cc1cccc(Cl)c1NC(=O)C(c1cccc(O)c1)N(C(=O)C(CC(C)C)NC(=O)OC(C)(C)C)C(C)(C)C. The van der Waals surface area contributed by atoms with Crippen molar-refractivity contribution in [2.24, 2.45) is 5.92 Å². The third-order valence-electron chi connectivity index (χ3n) is 5.82. The second kappa shape index (κ2) is 12.7. The number of para-hydroxylation sites is 1. The van der Waals surface area contributed by atoms with E-state index in [0.717, 1.165) is 5.56 Å². The lowest BCUT2D eigenvalue weighted by atomic mass is 9.93. The second-order valence-corrected chi connectivity index (χ2v) is 12.5. The quantitative estimate of drug-likeness (QED) is 0.337. The number of phenols is 1. The number of anilines is 1. The topological polar surface area (TPSA) is 108 Å². The standard InChI is InChI=1S/C30H42ClN3O5/c1-18(2)16-23(32-28(38)39-30(7,8)9)27(37)34(29(4,5)6)25(20-13-11-14-21(35)17-20)26(36)33-24-19(3)12-10-15-22(24)31/h10-15,17-18,23,25,35H,16H2,1-9H3,(H,32,38)(H,33,36). The Hall–Kier alpha value is -3.26. The molecule has 39 heavy (non-hydrogen) atoms. The number of halogens is 1. The Morgan fingerprint density at radius 2 is 1.64 bits per heavy atom. The molecule has 0 spiro atoms. The maximum Gasteiger partial charge on any atom is 0.408 e. The molecule has 0 bridgehead atoms. The van der Waals surface area contributed by atoms with Crippen LogP contribution in [0.1, 0.15) is 79.0 Å². The van der Waals surface area contributed by atoms with Gasteiger partial charge in [0.15, 0.2) is 0 Å². The lowest BCUT2D eigenvalue weighted by Gasteiger charge is -2.43. The Labute approximate surface area is 237 Å². The maximum absolute atomic E-state index is 14.3. The summed E-state index contributed by atoms with van der Waals surface area (Å²) in [5.74, 6) is -0.970. The van der Waals surface area contributed by atoms with Crippen molar-refractivity contribution in [2.45, 2.75) is 92.0 Å². The summed E-state index contributed by atoms with van der Waals surface area (Å²) in [6.45, 7) is 16.4. The number of aryl methyl sites for hydroxylation is 1. The summed E-state index contributed by atoms with van der Waals surface area (Å²) < 4.78 is 5.43. The first kappa shape index (κ1) is 32.0. The molecule has 0 fully saturated rings. The summed E-state index contributed by atoms with van der Waals surface area (Å²) in [5, 5.41) is 16.3. The molecule has 0 saturated heterocycles. The minimum Gasteiger partial charge on any atom is -0.508 e. The van der Waals surface area contributed by atoms with Crippen LogP contribution in [0.15, 0.2) is 42.5 Å². The van der Waals surface area contributed by atoms with E-state index in [0.29, 0.717) is 22.7 Å². The Morgan fingerprint density at radius 3 is 2.15 bits per heavy atom. The monoisotopic (exact) mass is 559 g/mol. The number of amides is 3. The zero-order chi connectivity index (χ0) is 29.7. The fraction of sp³-hybridized carbons (Fsp3) is 0.500. The number of carbonyl (C=O) groups is 3. The van der Waals surface area contributed by atoms with E-state index in [2.05, 4.69) is 10.6 Å². The lowest BCUT2D eigenvalue weighted by molar-refractivity contribution is -0.147. The van der Waals surface area contributed by atoms with Crippen LogP contribution in [-0.2, 0) is 14.3 Å². The van der Waals surface area contributed by atoms with Crippen molar-refractivity contribution in [2.75, 3.05) is 5.32 Å². The van der Waals surface area contributed by atoms with E-state index in [-0.39, 0.29) is 11.7 Å². The number of hydrogen-bond acceptors (Lipinski definition) is 5. The number of phenolic OH excluding ortho intramolecular Hbond substituents is 1.